The monoisotopic (exact) mass is 400 g/mol. The molecule has 3 atom stereocenters. The molecule has 0 fully saturated rings. The van der Waals surface area contributed by atoms with Gasteiger partial charge in [-0.05, 0) is 45.7 Å². The van der Waals surface area contributed by atoms with E-state index in [-0.39, 0.29) is 18.1 Å². The quantitative estimate of drug-likeness (QED) is 0.594. The third-order valence-corrected chi connectivity index (χ3v) is 3.87. The normalized spacial score (nSPS) is 14.9. The van der Waals surface area contributed by atoms with Gasteiger partial charge in [0.1, 0.15) is 23.6 Å². The van der Waals surface area contributed by atoms with Crippen LogP contribution in [0, 0.1) is 23.5 Å². The summed E-state index contributed by atoms with van der Waals surface area (Å²) >= 11 is 0. The van der Waals surface area contributed by atoms with E-state index in [0.717, 1.165) is 18.2 Å². The molecule has 1 rings (SSSR count). The highest BCUT2D eigenvalue weighted by molar-refractivity contribution is 5.79. The lowest BCUT2D eigenvalue weighted by atomic mass is 10.0. The number of esters is 2. The number of hydrogen-bond donors (Lipinski definition) is 0. The maximum Gasteiger partial charge on any atom is 0.309 e. The van der Waals surface area contributed by atoms with Crippen LogP contribution < -0.4 is 4.74 Å². The molecule has 0 saturated carbocycles. The van der Waals surface area contributed by atoms with Gasteiger partial charge in [0.2, 0.25) is 0 Å². The molecule has 7 heteroatoms. The summed E-state index contributed by atoms with van der Waals surface area (Å²) in [4.78, 5) is 24.2. The van der Waals surface area contributed by atoms with Crippen molar-refractivity contribution in [1.82, 2.24) is 0 Å². The highest BCUT2D eigenvalue weighted by Crippen LogP contribution is 2.24. The fourth-order valence-electron chi connectivity index (χ4n) is 2.57. The van der Waals surface area contributed by atoms with Gasteiger partial charge < -0.3 is 14.2 Å². The lowest BCUT2D eigenvalue weighted by molar-refractivity contribution is -0.165. The van der Waals surface area contributed by atoms with Crippen molar-refractivity contribution in [2.24, 2.45) is 11.8 Å². The average molecular weight is 400 g/mol. The van der Waals surface area contributed by atoms with Gasteiger partial charge in [0.15, 0.2) is 11.6 Å². The molecule has 1 aromatic rings. The van der Waals surface area contributed by atoms with Crippen molar-refractivity contribution >= 4 is 11.9 Å². The van der Waals surface area contributed by atoms with Crippen LogP contribution in [0.15, 0.2) is 18.2 Å². The first kappa shape index (κ1) is 23.9. The van der Waals surface area contributed by atoms with E-state index >= 15 is 0 Å². The molecule has 0 radical (unpaired) electrons. The van der Waals surface area contributed by atoms with Crippen LogP contribution >= 0.6 is 0 Å². The van der Waals surface area contributed by atoms with E-state index in [2.05, 4.69) is 0 Å². The summed E-state index contributed by atoms with van der Waals surface area (Å²) in [6.07, 6.45) is -1.56. The minimum Gasteiger partial charge on any atom is -0.483 e. The summed E-state index contributed by atoms with van der Waals surface area (Å²) in [6.45, 7) is 12.0. The van der Waals surface area contributed by atoms with E-state index in [1.54, 1.807) is 34.6 Å². The van der Waals surface area contributed by atoms with Crippen molar-refractivity contribution in [2.75, 3.05) is 0 Å². The minimum absolute atomic E-state index is 0.117. The van der Waals surface area contributed by atoms with Crippen LogP contribution in [0.2, 0.25) is 0 Å². The topological polar surface area (TPSA) is 61.8 Å². The second-order valence-corrected chi connectivity index (χ2v) is 8.23. The predicted molar refractivity (Wildman–Crippen MR) is 101 cm³/mol. The molecule has 0 N–H and O–H groups in total. The van der Waals surface area contributed by atoms with E-state index in [0.29, 0.717) is 0 Å². The Hall–Kier alpha value is -2.18. The fourth-order valence-corrected chi connectivity index (χ4v) is 2.57. The Morgan fingerprint density at radius 3 is 2.21 bits per heavy atom. The van der Waals surface area contributed by atoms with Gasteiger partial charge in [-0.15, -0.1) is 0 Å². The standard InChI is InChI=1S/C21H30F2O5/c1-12(2)19(27-17-11-15(22)8-9-16(17)23)14(4)26-20(25)13(3)10-18(24)28-21(5,6)7/h8-9,11-14,19H,10H2,1-7H3/t13-,14+,19-/m1/s1. The fraction of sp³-hybridized carbons (Fsp3) is 0.619. The third-order valence-electron chi connectivity index (χ3n) is 3.87. The number of ether oxygens (including phenoxy) is 3. The van der Waals surface area contributed by atoms with Gasteiger partial charge in [0.25, 0.3) is 0 Å². The zero-order valence-electron chi connectivity index (χ0n) is 17.5. The van der Waals surface area contributed by atoms with Crippen LogP contribution in [0.5, 0.6) is 5.75 Å². The smallest absolute Gasteiger partial charge is 0.309 e. The number of rotatable bonds is 8. The molecule has 0 aliphatic carbocycles. The van der Waals surface area contributed by atoms with Gasteiger partial charge in [-0.2, -0.15) is 0 Å². The third kappa shape index (κ3) is 7.82. The van der Waals surface area contributed by atoms with Crippen molar-refractivity contribution in [1.29, 1.82) is 0 Å². The number of halogens is 2. The lowest BCUT2D eigenvalue weighted by Gasteiger charge is -2.29. The second-order valence-electron chi connectivity index (χ2n) is 8.23. The zero-order valence-corrected chi connectivity index (χ0v) is 17.5. The average Bonchev–Trinajstić information content (AvgIpc) is 2.53. The van der Waals surface area contributed by atoms with Crippen LogP contribution in [0.25, 0.3) is 0 Å². The van der Waals surface area contributed by atoms with Gasteiger partial charge in [-0.25, -0.2) is 8.78 Å². The van der Waals surface area contributed by atoms with Crippen molar-refractivity contribution in [3.05, 3.63) is 29.8 Å². The molecule has 0 saturated heterocycles. The SMILES string of the molecule is CC(C)[C@@H](Oc1cc(F)ccc1F)[C@H](C)OC(=O)[C@H](C)CC(=O)OC(C)(C)C. The van der Waals surface area contributed by atoms with Crippen molar-refractivity contribution in [2.45, 2.75) is 72.7 Å². The Bertz CT molecular complexity index is 682. The van der Waals surface area contributed by atoms with Crippen LogP contribution in [0.1, 0.15) is 54.9 Å². The maximum absolute atomic E-state index is 13.9. The molecule has 0 unspecified atom stereocenters. The van der Waals surface area contributed by atoms with Gasteiger partial charge in [-0.3, -0.25) is 9.59 Å². The van der Waals surface area contributed by atoms with E-state index < -0.39 is 47.3 Å². The van der Waals surface area contributed by atoms with Gasteiger partial charge >= 0.3 is 11.9 Å². The Morgan fingerprint density at radius 1 is 1.07 bits per heavy atom. The molecule has 0 amide bonds. The number of carbonyl (C=O) groups excluding carboxylic acids is 2. The van der Waals surface area contributed by atoms with E-state index in [9.17, 15) is 18.4 Å². The van der Waals surface area contributed by atoms with Crippen LogP contribution in [0.4, 0.5) is 8.78 Å². The number of hydrogen-bond acceptors (Lipinski definition) is 5. The largest absolute Gasteiger partial charge is 0.483 e. The summed E-state index contributed by atoms with van der Waals surface area (Å²) in [5, 5.41) is 0. The molecule has 28 heavy (non-hydrogen) atoms. The Kier molecular flexibility index (Phi) is 8.39. The van der Waals surface area contributed by atoms with Crippen LogP contribution in [0.3, 0.4) is 0 Å². The van der Waals surface area contributed by atoms with Crippen molar-refractivity contribution in [3.8, 4) is 5.75 Å². The van der Waals surface area contributed by atoms with E-state index in [1.165, 1.54) is 0 Å². The summed E-state index contributed by atoms with van der Waals surface area (Å²) in [5.74, 6) is -3.53. The van der Waals surface area contributed by atoms with Gasteiger partial charge in [0, 0.05) is 6.07 Å². The molecule has 5 nitrogen and oxygen atoms in total. The summed E-state index contributed by atoms with van der Waals surface area (Å²) < 4.78 is 43.5. The van der Waals surface area contributed by atoms with Crippen LogP contribution in [-0.2, 0) is 19.1 Å². The Balaban J connectivity index is 2.75. The van der Waals surface area contributed by atoms with Crippen molar-refractivity contribution in [3.63, 3.8) is 0 Å². The maximum atomic E-state index is 13.9. The molecule has 0 aliphatic heterocycles. The second kappa shape index (κ2) is 9.85. The molecule has 1 aromatic carbocycles. The number of benzene rings is 1. The first-order chi connectivity index (χ1) is 12.8. The molecular weight excluding hydrogens is 370 g/mol. The molecule has 0 spiro atoms. The summed E-state index contributed by atoms with van der Waals surface area (Å²) in [7, 11) is 0. The molecular formula is C21H30F2O5. The van der Waals surface area contributed by atoms with Crippen LogP contribution in [-0.4, -0.2) is 29.7 Å². The van der Waals surface area contributed by atoms with Gasteiger partial charge in [-0.1, -0.05) is 20.8 Å². The van der Waals surface area contributed by atoms with Crippen molar-refractivity contribution < 1.29 is 32.6 Å². The first-order valence-electron chi connectivity index (χ1n) is 9.34. The number of carbonyl (C=O) groups is 2. The predicted octanol–water partition coefficient (Wildman–Crippen LogP) is 4.67. The highest BCUT2D eigenvalue weighted by Gasteiger charge is 2.30. The lowest BCUT2D eigenvalue weighted by Crippen LogP contribution is -2.39. The van der Waals surface area contributed by atoms with E-state index in [4.69, 9.17) is 14.2 Å². The molecule has 0 bridgehead atoms. The van der Waals surface area contributed by atoms with E-state index in [1.807, 2.05) is 13.8 Å². The molecule has 0 aromatic heterocycles. The highest BCUT2D eigenvalue weighted by atomic mass is 19.1. The Labute approximate surface area is 165 Å². The zero-order chi connectivity index (χ0) is 21.6. The van der Waals surface area contributed by atoms with Gasteiger partial charge in [0.05, 0.1) is 12.3 Å². The summed E-state index contributed by atoms with van der Waals surface area (Å²) in [5.41, 5.74) is -0.639. The Morgan fingerprint density at radius 2 is 1.68 bits per heavy atom. The molecule has 158 valence electrons. The minimum atomic E-state index is -0.740. The first-order valence-corrected chi connectivity index (χ1v) is 9.34. The summed E-state index contributed by atoms with van der Waals surface area (Å²) in [6, 6.07) is 2.92. The molecule has 0 heterocycles. The molecule has 0 aliphatic rings.